The molecule has 86 valence electrons. The lowest BCUT2D eigenvalue weighted by molar-refractivity contribution is 0.0697. The standard InChI is InChI=1S/C11H13NO4/c1-3-15-8(2)12-16-10-6-4-9(5-7-10)11(13)14/h4-7H,3H2,1-2H3,(H,13,14). The summed E-state index contributed by atoms with van der Waals surface area (Å²) in [7, 11) is 0. The molecule has 0 radical (unpaired) electrons. The molecule has 1 aromatic carbocycles. The fourth-order valence-corrected chi connectivity index (χ4v) is 1.01. The van der Waals surface area contributed by atoms with E-state index in [0.29, 0.717) is 18.3 Å². The molecule has 0 aromatic heterocycles. The Labute approximate surface area is 93.3 Å². The van der Waals surface area contributed by atoms with Gasteiger partial charge in [-0.25, -0.2) is 4.79 Å². The molecule has 0 amide bonds. The van der Waals surface area contributed by atoms with Crippen molar-refractivity contribution in [3.8, 4) is 5.75 Å². The van der Waals surface area contributed by atoms with Gasteiger partial charge in [0, 0.05) is 6.92 Å². The number of hydrogen-bond donors (Lipinski definition) is 1. The van der Waals surface area contributed by atoms with Crippen LogP contribution in [0.5, 0.6) is 5.75 Å². The van der Waals surface area contributed by atoms with Crippen LogP contribution in [0, 0.1) is 0 Å². The fraction of sp³-hybridized carbons (Fsp3) is 0.273. The number of nitrogens with zero attached hydrogens (tertiary/aromatic N) is 1. The number of ether oxygens (including phenoxy) is 1. The smallest absolute Gasteiger partial charge is 0.335 e. The van der Waals surface area contributed by atoms with E-state index in [4.69, 9.17) is 14.7 Å². The first kappa shape index (κ1) is 12.0. The van der Waals surface area contributed by atoms with E-state index in [0.717, 1.165) is 0 Å². The Kier molecular flexibility index (Phi) is 4.32. The molecule has 16 heavy (non-hydrogen) atoms. The Bertz CT molecular complexity index is 383. The van der Waals surface area contributed by atoms with Crippen molar-refractivity contribution < 1.29 is 19.5 Å². The van der Waals surface area contributed by atoms with Gasteiger partial charge in [-0.05, 0) is 36.3 Å². The fourth-order valence-electron chi connectivity index (χ4n) is 1.01. The van der Waals surface area contributed by atoms with E-state index in [9.17, 15) is 4.79 Å². The summed E-state index contributed by atoms with van der Waals surface area (Å²) in [5, 5.41) is 12.4. The lowest BCUT2D eigenvalue weighted by atomic mass is 10.2. The van der Waals surface area contributed by atoms with Crippen LogP contribution in [-0.4, -0.2) is 23.6 Å². The molecule has 0 fully saturated rings. The SMILES string of the molecule is CCOC(C)=NOc1ccc(C(=O)O)cc1. The molecule has 0 heterocycles. The number of aromatic carboxylic acids is 1. The first-order chi connectivity index (χ1) is 7.63. The Morgan fingerprint density at radius 2 is 2.00 bits per heavy atom. The summed E-state index contributed by atoms with van der Waals surface area (Å²) in [5.74, 6) is -0.0885. The summed E-state index contributed by atoms with van der Waals surface area (Å²) in [4.78, 5) is 15.6. The zero-order chi connectivity index (χ0) is 12.0. The maximum Gasteiger partial charge on any atom is 0.335 e. The molecule has 0 bridgehead atoms. The van der Waals surface area contributed by atoms with Gasteiger partial charge in [0.2, 0.25) is 5.90 Å². The summed E-state index contributed by atoms with van der Waals surface area (Å²) in [6.07, 6.45) is 0. The van der Waals surface area contributed by atoms with Gasteiger partial charge in [-0.2, -0.15) is 0 Å². The minimum absolute atomic E-state index is 0.206. The highest BCUT2D eigenvalue weighted by atomic mass is 16.6. The Balaban J connectivity index is 2.62. The van der Waals surface area contributed by atoms with Crippen LogP contribution in [0.25, 0.3) is 0 Å². The van der Waals surface area contributed by atoms with Crippen molar-refractivity contribution in [2.75, 3.05) is 6.61 Å². The normalized spacial score (nSPS) is 11.0. The molecule has 5 nitrogen and oxygen atoms in total. The molecule has 0 aliphatic rings. The van der Waals surface area contributed by atoms with E-state index in [1.54, 1.807) is 6.92 Å². The van der Waals surface area contributed by atoms with Gasteiger partial charge >= 0.3 is 5.97 Å². The van der Waals surface area contributed by atoms with Gasteiger partial charge in [-0.3, -0.25) is 0 Å². The van der Waals surface area contributed by atoms with Crippen LogP contribution in [0.15, 0.2) is 29.4 Å². The van der Waals surface area contributed by atoms with Crippen molar-refractivity contribution in [1.82, 2.24) is 0 Å². The van der Waals surface area contributed by atoms with Crippen molar-refractivity contribution in [3.05, 3.63) is 29.8 Å². The minimum Gasteiger partial charge on any atom is -0.479 e. The van der Waals surface area contributed by atoms with Gasteiger partial charge in [-0.15, -0.1) is 0 Å². The van der Waals surface area contributed by atoms with Crippen molar-refractivity contribution in [1.29, 1.82) is 0 Å². The average Bonchev–Trinajstić information content (AvgIpc) is 2.27. The average molecular weight is 223 g/mol. The number of carboxylic acid groups (broad SMARTS) is 1. The van der Waals surface area contributed by atoms with Crippen LogP contribution in [0.2, 0.25) is 0 Å². The topological polar surface area (TPSA) is 68.1 Å². The quantitative estimate of drug-likeness (QED) is 0.482. The minimum atomic E-state index is -0.972. The van der Waals surface area contributed by atoms with Crippen LogP contribution < -0.4 is 4.84 Å². The monoisotopic (exact) mass is 223 g/mol. The van der Waals surface area contributed by atoms with Gasteiger partial charge in [0.15, 0.2) is 5.75 Å². The Hall–Kier alpha value is -2.04. The second-order valence-corrected chi connectivity index (χ2v) is 2.96. The molecule has 0 spiro atoms. The van der Waals surface area contributed by atoms with Gasteiger partial charge in [0.1, 0.15) is 0 Å². The van der Waals surface area contributed by atoms with Crippen molar-refractivity contribution >= 4 is 11.9 Å². The third-order valence-corrected chi connectivity index (χ3v) is 1.73. The largest absolute Gasteiger partial charge is 0.479 e. The van der Waals surface area contributed by atoms with Crippen molar-refractivity contribution in [3.63, 3.8) is 0 Å². The molecule has 0 saturated heterocycles. The van der Waals surface area contributed by atoms with E-state index < -0.39 is 5.97 Å². The number of carbonyl (C=O) groups is 1. The van der Waals surface area contributed by atoms with Crippen LogP contribution >= 0.6 is 0 Å². The van der Waals surface area contributed by atoms with Gasteiger partial charge in [0.05, 0.1) is 12.2 Å². The van der Waals surface area contributed by atoms with Crippen molar-refractivity contribution in [2.24, 2.45) is 5.16 Å². The number of hydrogen-bond acceptors (Lipinski definition) is 4. The van der Waals surface area contributed by atoms with Gasteiger partial charge in [-0.1, -0.05) is 0 Å². The highest BCUT2D eigenvalue weighted by Gasteiger charge is 2.02. The van der Waals surface area contributed by atoms with Crippen molar-refractivity contribution in [2.45, 2.75) is 13.8 Å². The summed E-state index contributed by atoms with van der Waals surface area (Å²) in [6, 6.07) is 5.96. The lowest BCUT2D eigenvalue weighted by Gasteiger charge is -2.02. The maximum atomic E-state index is 10.6. The second kappa shape index (κ2) is 5.75. The van der Waals surface area contributed by atoms with Crippen LogP contribution in [0.4, 0.5) is 0 Å². The first-order valence-electron chi connectivity index (χ1n) is 4.81. The third kappa shape index (κ3) is 3.61. The number of carboxylic acids is 1. The number of rotatable bonds is 4. The zero-order valence-electron chi connectivity index (χ0n) is 9.14. The summed E-state index contributed by atoms with van der Waals surface area (Å²) < 4.78 is 5.06. The second-order valence-electron chi connectivity index (χ2n) is 2.96. The highest BCUT2D eigenvalue weighted by molar-refractivity contribution is 5.87. The van der Waals surface area contributed by atoms with E-state index >= 15 is 0 Å². The number of oxime groups is 1. The van der Waals surface area contributed by atoms with Gasteiger partial charge in [0.25, 0.3) is 0 Å². The molecule has 0 aliphatic carbocycles. The Morgan fingerprint density at radius 1 is 1.38 bits per heavy atom. The summed E-state index contributed by atoms with van der Waals surface area (Å²) in [5.41, 5.74) is 0.206. The summed E-state index contributed by atoms with van der Waals surface area (Å²) >= 11 is 0. The first-order valence-corrected chi connectivity index (χ1v) is 4.81. The van der Waals surface area contributed by atoms with E-state index in [1.165, 1.54) is 24.3 Å². The molecule has 0 unspecified atom stereocenters. The summed E-state index contributed by atoms with van der Waals surface area (Å²) in [6.45, 7) is 4.05. The molecule has 1 N–H and O–H groups in total. The Morgan fingerprint density at radius 3 is 2.50 bits per heavy atom. The van der Waals surface area contributed by atoms with E-state index in [-0.39, 0.29) is 5.56 Å². The highest BCUT2D eigenvalue weighted by Crippen LogP contribution is 2.12. The van der Waals surface area contributed by atoms with Crippen LogP contribution in [0.1, 0.15) is 24.2 Å². The van der Waals surface area contributed by atoms with E-state index in [1.807, 2.05) is 6.92 Å². The third-order valence-electron chi connectivity index (χ3n) is 1.73. The molecule has 5 heteroatoms. The molecular weight excluding hydrogens is 210 g/mol. The molecule has 0 saturated carbocycles. The van der Waals surface area contributed by atoms with E-state index in [2.05, 4.69) is 5.16 Å². The lowest BCUT2D eigenvalue weighted by Crippen LogP contribution is -2.01. The molecule has 1 aromatic rings. The predicted molar refractivity (Wildman–Crippen MR) is 58.8 cm³/mol. The molecule has 1 rings (SSSR count). The molecular formula is C11H13NO4. The molecule has 0 atom stereocenters. The molecule has 0 aliphatic heterocycles. The zero-order valence-corrected chi connectivity index (χ0v) is 9.14. The van der Waals surface area contributed by atoms with Gasteiger partial charge < -0.3 is 14.7 Å². The number of benzene rings is 1. The predicted octanol–water partition coefficient (Wildman–Crippen LogP) is 2.13. The van der Waals surface area contributed by atoms with Crippen LogP contribution in [0.3, 0.4) is 0 Å². The van der Waals surface area contributed by atoms with Crippen LogP contribution in [-0.2, 0) is 4.74 Å². The maximum absolute atomic E-state index is 10.6.